The van der Waals surface area contributed by atoms with Gasteiger partial charge < -0.3 is 9.88 Å². The first-order valence-corrected chi connectivity index (χ1v) is 7.60. The highest BCUT2D eigenvalue weighted by molar-refractivity contribution is 9.10. The number of nitrogens with one attached hydrogen (secondary N) is 1. The number of rotatable bonds is 4. The molecule has 0 aromatic carbocycles. The van der Waals surface area contributed by atoms with E-state index in [2.05, 4.69) is 25.8 Å². The second kappa shape index (κ2) is 4.90. The quantitative estimate of drug-likeness (QED) is 0.916. The topological polar surface area (TPSA) is 34.0 Å². The van der Waals surface area contributed by atoms with Crippen molar-refractivity contribution < 1.29 is 4.79 Å². The maximum absolute atomic E-state index is 12.1. The van der Waals surface area contributed by atoms with Crippen LogP contribution in [0, 0.1) is 0 Å². The zero-order valence-electron chi connectivity index (χ0n) is 9.73. The van der Waals surface area contributed by atoms with Gasteiger partial charge in [-0.05, 0) is 52.4 Å². The molecule has 3 nitrogen and oxygen atoms in total. The fourth-order valence-corrected chi connectivity index (χ4v) is 3.39. The lowest BCUT2D eigenvalue weighted by Crippen LogP contribution is -2.24. The summed E-state index contributed by atoms with van der Waals surface area (Å²) in [7, 11) is 0. The Bertz CT molecular complexity index is 571. The van der Waals surface area contributed by atoms with E-state index in [1.54, 1.807) is 11.3 Å². The van der Waals surface area contributed by atoms with Crippen LogP contribution in [0.25, 0.3) is 0 Å². The third-order valence-electron chi connectivity index (χ3n) is 3.05. The first kappa shape index (κ1) is 12.0. The molecule has 5 heteroatoms. The molecule has 1 saturated carbocycles. The van der Waals surface area contributed by atoms with Crippen LogP contribution < -0.4 is 5.32 Å². The molecule has 0 radical (unpaired) electrons. The molecule has 3 rings (SSSR count). The number of hydrogen-bond acceptors (Lipinski definition) is 2. The Morgan fingerprint density at radius 1 is 1.50 bits per heavy atom. The number of amides is 1. The van der Waals surface area contributed by atoms with Crippen molar-refractivity contribution >= 4 is 33.2 Å². The number of carbonyl (C=O) groups excluding carboxylic acids is 1. The minimum atomic E-state index is 0.00667. The lowest BCUT2D eigenvalue weighted by atomic mass is 10.3. The third-order valence-corrected chi connectivity index (χ3v) is 4.98. The highest BCUT2D eigenvalue weighted by Crippen LogP contribution is 2.36. The van der Waals surface area contributed by atoms with Crippen molar-refractivity contribution in [2.24, 2.45) is 0 Å². The van der Waals surface area contributed by atoms with Crippen LogP contribution in [0.1, 0.15) is 34.2 Å². The molecule has 0 aliphatic heterocycles. The Labute approximate surface area is 118 Å². The van der Waals surface area contributed by atoms with E-state index in [9.17, 15) is 4.79 Å². The summed E-state index contributed by atoms with van der Waals surface area (Å²) in [5.74, 6) is 0.00667. The van der Waals surface area contributed by atoms with E-state index >= 15 is 0 Å². The van der Waals surface area contributed by atoms with Crippen LogP contribution in [0.4, 0.5) is 0 Å². The average Bonchev–Trinajstić information content (AvgIpc) is 2.95. The number of hydrogen-bond donors (Lipinski definition) is 1. The van der Waals surface area contributed by atoms with Gasteiger partial charge in [-0.1, -0.05) is 0 Å². The fraction of sp³-hybridized carbons (Fsp3) is 0.308. The molecular weight excluding hydrogens is 312 g/mol. The van der Waals surface area contributed by atoms with E-state index < -0.39 is 0 Å². The van der Waals surface area contributed by atoms with Gasteiger partial charge in [0, 0.05) is 21.6 Å². The first-order valence-electron chi connectivity index (χ1n) is 5.92. The van der Waals surface area contributed by atoms with E-state index in [0.29, 0.717) is 12.6 Å². The summed E-state index contributed by atoms with van der Waals surface area (Å²) in [5.41, 5.74) is 0.769. The summed E-state index contributed by atoms with van der Waals surface area (Å²) in [4.78, 5) is 13.3. The van der Waals surface area contributed by atoms with Gasteiger partial charge in [-0.2, -0.15) is 0 Å². The summed E-state index contributed by atoms with van der Waals surface area (Å²) >= 11 is 5.11. The molecule has 1 amide bonds. The molecule has 2 aromatic rings. The SMILES string of the molecule is O=C(NCc1sccc1Br)c1cccn1C1CC1. The highest BCUT2D eigenvalue weighted by atomic mass is 79.9. The molecule has 1 aliphatic rings. The Morgan fingerprint density at radius 2 is 2.33 bits per heavy atom. The minimum Gasteiger partial charge on any atom is -0.346 e. The number of thiophene rings is 1. The van der Waals surface area contributed by atoms with Crippen molar-refractivity contribution in [1.29, 1.82) is 0 Å². The van der Waals surface area contributed by atoms with E-state index in [1.165, 1.54) is 12.8 Å². The van der Waals surface area contributed by atoms with Crippen LogP contribution >= 0.6 is 27.3 Å². The van der Waals surface area contributed by atoms with Gasteiger partial charge in [0.2, 0.25) is 0 Å². The van der Waals surface area contributed by atoms with Crippen LogP contribution in [-0.2, 0) is 6.54 Å². The Kier molecular flexibility index (Phi) is 3.26. The molecule has 0 spiro atoms. The van der Waals surface area contributed by atoms with Gasteiger partial charge in [0.15, 0.2) is 0 Å². The predicted octanol–water partition coefficient (Wildman–Crippen LogP) is 3.58. The molecule has 0 unspecified atom stereocenters. The Balaban J connectivity index is 1.67. The zero-order valence-corrected chi connectivity index (χ0v) is 12.1. The van der Waals surface area contributed by atoms with Crippen molar-refractivity contribution in [2.75, 3.05) is 0 Å². The lowest BCUT2D eigenvalue weighted by molar-refractivity contribution is 0.0942. The van der Waals surface area contributed by atoms with Crippen molar-refractivity contribution in [2.45, 2.75) is 25.4 Å². The largest absolute Gasteiger partial charge is 0.346 e. The fourth-order valence-electron chi connectivity index (χ4n) is 1.96. The highest BCUT2D eigenvalue weighted by Gasteiger charge is 2.26. The lowest BCUT2D eigenvalue weighted by Gasteiger charge is -2.08. The molecule has 1 aliphatic carbocycles. The summed E-state index contributed by atoms with van der Waals surface area (Å²) in [6, 6.07) is 6.36. The standard InChI is InChI=1S/C13H13BrN2OS/c14-10-5-7-18-12(10)8-15-13(17)11-2-1-6-16(11)9-3-4-9/h1-2,5-7,9H,3-4,8H2,(H,15,17). The maximum atomic E-state index is 12.1. The molecule has 2 heterocycles. The second-order valence-corrected chi connectivity index (χ2v) is 6.26. The summed E-state index contributed by atoms with van der Waals surface area (Å²) < 4.78 is 3.14. The zero-order chi connectivity index (χ0) is 12.5. The van der Waals surface area contributed by atoms with Crippen molar-refractivity contribution in [3.8, 4) is 0 Å². The van der Waals surface area contributed by atoms with Gasteiger partial charge >= 0.3 is 0 Å². The average molecular weight is 325 g/mol. The predicted molar refractivity (Wildman–Crippen MR) is 75.9 cm³/mol. The second-order valence-electron chi connectivity index (χ2n) is 4.41. The van der Waals surface area contributed by atoms with Crippen LogP contribution in [0.2, 0.25) is 0 Å². The summed E-state index contributed by atoms with van der Waals surface area (Å²) in [6.45, 7) is 0.576. The number of carbonyl (C=O) groups is 1. The van der Waals surface area contributed by atoms with Gasteiger partial charge in [-0.3, -0.25) is 4.79 Å². The van der Waals surface area contributed by atoms with Gasteiger partial charge in [0.25, 0.3) is 5.91 Å². The van der Waals surface area contributed by atoms with E-state index in [4.69, 9.17) is 0 Å². The van der Waals surface area contributed by atoms with Crippen LogP contribution in [0.5, 0.6) is 0 Å². The Hall–Kier alpha value is -1.07. The Morgan fingerprint density at radius 3 is 3.00 bits per heavy atom. The smallest absolute Gasteiger partial charge is 0.268 e. The monoisotopic (exact) mass is 324 g/mol. The normalized spacial score (nSPS) is 14.7. The molecule has 2 aromatic heterocycles. The molecular formula is C13H13BrN2OS. The molecule has 1 N–H and O–H groups in total. The molecule has 1 fully saturated rings. The van der Waals surface area contributed by atoms with Gasteiger partial charge in [-0.15, -0.1) is 11.3 Å². The summed E-state index contributed by atoms with van der Waals surface area (Å²) in [6.07, 6.45) is 4.37. The maximum Gasteiger partial charge on any atom is 0.268 e. The van der Waals surface area contributed by atoms with E-state index in [1.807, 2.05) is 29.8 Å². The summed E-state index contributed by atoms with van der Waals surface area (Å²) in [5, 5.41) is 4.98. The molecule has 18 heavy (non-hydrogen) atoms. The van der Waals surface area contributed by atoms with Crippen molar-refractivity contribution in [3.05, 3.63) is 44.8 Å². The molecule has 94 valence electrons. The van der Waals surface area contributed by atoms with Crippen molar-refractivity contribution in [3.63, 3.8) is 0 Å². The van der Waals surface area contributed by atoms with E-state index in [0.717, 1.165) is 15.0 Å². The van der Waals surface area contributed by atoms with Gasteiger partial charge in [0.05, 0.1) is 6.54 Å². The number of aromatic nitrogens is 1. The third kappa shape index (κ3) is 2.37. The van der Waals surface area contributed by atoms with E-state index in [-0.39, 0.29) is 5.91 Å². The van der Waals surface area contributed by atoms with Crippen LogP contribution in [-0.4, -0.2) is 10.5 Å². The van der Waals surface area contributed by atoms with Gasteiger partial charge in [0.1, 0.15) is 5.69 Å². The number of nitrogens with zero attached hydrogens (tertiary/aromatic N) is 1. The van der Waals surface area contributed by atoms with Crippen molar-refractivity contribution in [1.82, 2.24) is 9.88 Å². The van der Waals surface area contributed by atoms with Crippen LogP contribution in [0.15, 0.2) is 34.2 Å². The van der Waals surface area contributed by atoms with Gasteiger partial charge in [-0.25, -0.2) is 0 Å². The molecule has 0 atom stereocenters. The molecule has 0 bridgehead atoms. The first-order chi connectivity index (χ1) is 8.75. The number of halogens is 1. The van der Waals surface area contributed by atoms with Crippen LogP contribution in [0.3, 0.4) is 0 Å². The minimum absolute atomic E-state index is 0.00667. The molecule has 0 saturated heterocycles.